The number of aromatic nitrogens is 1. The molecule has 0 saturated carbocycles. The third kappa shape index (κ3) is 2.31. The fraction of sp³-hybridized carbons (Fsp3) is 0. The van der Waals surface area contributed by atoms with Crippen LogP contribution in [-0.4, -0.2) is 10.8 Å². The predicted octanol–water partition coefficient (Wildman–Crippen LogP) is 5.06. The molecule has 3 aromatic rings. The summed E-state index contributed by atoms with van der Waals surface area (Å²) < 4.78 is 14.8. The number of hydrogen-bond acceptors (Lipinski definition) is 1. The molecule has 0 bridgehead atoms. The molecule has 2 nitrogen and oxygen atoms in total. The lowest BCUT2D eigenvalue weighted by Gasteiger charge is -2.02. The second kappa shape index (κ2) is 5.14. The van der Waals surface area contributed by atoms with Gasteiger partial charge in [-0.15, -0.1) is 0 Å². The number of nitrogens with one attached hydrogen (secondary N) is 1. The van der Waals surface area contributed by atoms with E-state index in [1.807, 2.05) is 18.2 Å². The Kier molecular flexibility index (Phi) is 3.48. The molecule has 0 saturated heterocycles. The van der Waals surface area contributed by atoms with Crippen LogP contribution in [0.1, 0.15) is 15.9 Å². The van der Waals surface area contributed by atoms with Gasteiger partial charge in [-0.25, -0.2) is 4.39 Å². The predicted molar refractivity (Wildman–Crippen MR) is 83.5 cm³/mol. The number of ketones is 1. The van der Waals surface area contributed by atoms with Gasteiger partial charge < -0.3 is 4.98 Å². The Morgan fingerprint density at radius 3 is 2.65 bits per heavy atom. The summed E-state index contributed by atoms with van der Waals surface area (Å²) in [4.78, 5) is 15.5. The third-order valence-electron chi connectivity index (χ3n) is 3.07. The lowest BCUT2D eigenvalue weighted by molar-refractivity contribution is 0.104. The molecule has 0 radical (unpaired) electrons. The molecule has 1 aromatic heterocycles. The Morgan fingerprint density at radius 2 is 1.90 bits per heavy atom. The van der Waals surface area contributed by atoms with Gasteiger partial charge in [0.15, 0.2) is 5.78 Å². The number of hydrogen-bond donors (Lipinski definition) is 1. The van der Waals surface area contributed by atoms with Crippen LogP contribution in [0.5, 0.6) is 0 Å². The van der Waals surface area contributed by atoms with Crippen LogP contribution in [0.3, 0.4) is 0 Å². The number of carbonyl (C=O) groups is 1. The second-order valence-electron chi connectivity index (χ2n) is 4.35. The zero-order chi connectivity index (χ0) is 14.3. The summed E-state index contributed by atoms with van der Waals surface area (Å²) in [7, 11) is 0. The van der Waals surface area contributed by atoms with Crippen LogP contribution in [-0.2, 0) is 0 Å². The van der Waals surface area contributed by atoms with Gasteiger partial charge in [0, 0.05) is 32.7 Å². The molecule has 0 aliphatic carbocycles. The van der Waals surface area contributed by atoms with Gasteiger partial charge in [-0.3, -0.25) is 4.79 Å². The number of rotatable bonds is 2. The van der Waals surface area contributed by atoms with Gasteiger partial charge in [-0.1, -0.05) is 15.9 Å². The van der Waals surface area contributed by atoms with E-state index in [4.69, 9.17) is 0 Å². The van der Waals surface area contributed by atoms with Crippen LogP contribution in [0, 0.1) is 5.82 Å². The van der Waals surface area contributed by atoms with Gasteiger partial charge in [0.05, 0.1) is 4.47 Å². The van der Waals surface area contributed by atoms with Gasteiger partial charge in [0.1, 0.15) is 5.82 Å². The number of benzene rings is 2. The van der Waals surface area contributed by atoms with Crippen LogP contribution in [0.25, 0.3) is 10.9 Å². The van der Waals surface area contributed by atoms with Gasteiger partial charge in [-0.05, 0) is 52.3 Å². The van der Waals surface area contributed by atoms with Gasteiger partial charge in [-0.2, -0.15) is 0 Å². The second-order valence-corrected chi connectivity index (χ2v) is 6.12. The molecule has 0 spiro atoms. The average Bonchev–Trinajstić information content (AvgIpc) is 2.84. The Labute approximate surface area is 131 Å². The molecule has 1 N–H and O–H groups in total. The first-order valence-electron chi connectivity index (χ1n) is 5.82. The number of carbonyl (C=O) groups excluding carboxylic acids is 1. The first-order valence-corrected chi connectivity index (χ1v) is 7.41. The minimum Gasteiger partial charge on any atom is -0.360 e. The fourth-order valence-corrected chi connectivity index (χ4v) is 2.68. The highest BCUT2D eigenvalue weighted by Gasteiger charge is 2.15. The summed E-state index contributed by atoms with van der Waals surface area (Å²) >= 11 is 6.46. The molecule has 3 rings (SSSR count). The minimum absolute atomic E-state index is 0.208. The molecule has 0 unspecified atom stereocenters. The molecule has 100 valence electrons. The van der Waals surface area contributed by atoms with E-state index in [9.17, 15) is 9.18 Å². The quantitative estimate of drug-likeness (QED) is 0.603. The number of fused-ring (bicyclic) bond motifs is 1. The smallest absolute Gasteiger partial charge is 0.195 e. The van der Waals surface area contributed by atoms with Crippen molar-refractivity contribution >= 4 is 48.5 Å². The average molecular weight is 397 g/mol. The van der Waals surface area contributed by atoms with Crippen molar-refractivity contribution in [3.05, 3.63) is 68.5 Å². The maximum absolute atomic E-state index is 13.5. The van der Waals surface area contributed by atoms with E-state index >= 15 is 0 Å². The summed E-state index contributed by atoms with van der Waals surface area (Å²) in [5.74, 6) is -0.655. The Balaban J connectivity index is 2.12. The van der Waals surface area contributed by atoms with Crippen molar-refractivity contribution in [3.8, 4) is 0 Å². The molecule has 5 heteroatoms. The van der Waals surface area contributed by atoms with Gasteiger partial charge in [0.2, 0.25) is 0 Å². The van der Waals surface area contributed by atoms with Crippen molar-refractivity contribution in [2.75, 3.05) is 0 Å². The SMILES string of the molecule is O=C(c1ccc(Br)c(F)c1)c1c[nH]c2ccc(Br)cc12. The highest BCUT2D eigenvalue weighted by molar-refractivity contribution is 9.10. The lowest BCUT2D eigenvalue weighted by Crippen LogP contribution is -2.01. The third-order valence-corrected chi connectivity index (χ3v) is 4.21. The monoisotopic (exact) mass is 395 g/mol. The minimum atomic E-state index is -0.447. The lowest BCUT2D eigenvalue weighted by atomic mass is 10.0. The summed E-state index contributed by atoms with van der Waals surface area (Å²) in [5.41, 5.74) is 1.73. The summed E-state index contributed by atoms with van der Waals surface area (Å²) in [6.07, 6.45) is 1.65. The summed E-state index contributed by atoms with van der Waals surface area (Å²) in [5, 5.41) is 0.813. The van der Waals surface area contributed by atoms with Crippen molar-refractivity contribution in [1.82, 2.24) is 4.98 Å². The topological polar surface area (TPSA) is 32.9 Å². The Hall–Kier alpha value is -1.46. The van der Waals surface area contributed by atoms with Crippen molar-refractivity contribution in [1.29, 1.82) is 0 Å². The number of halogens is 3. The van der Waals surface area contributed by atoms with E-state index in [0.717, 1.165) is 15.4 Å². The standard InChI is InChI=1S/C15H8Br2FNO/c16-9-2-4-14-10(6-9)11(7-19-14)15(20)8-1-3-12(17)13(18)5-8/h1-7,19H. The molecule has 20 heavy (non-hydrogen) atoms. The molecule has 0 aliphatic heterocycles. The molecule has 0 fully saturated rings. The van der Waals surface area contributed by atoms with Crippen LogP contribution in [0.4, 0.5) is 4.39 Å². The van der Waals surface area contributed by atoms with Crippen molar-refractivity contribution in [2.45, 2.75) is 0 Å². The van der Waals surface area contributed by atoms with E-state index < -0.39 is 5.82 Å². The Bertz CT molecular complexity index is 826. The van der Waals surface area contributed by atoms with E-state index in [1.165, 1.54) is 12.1 Å². The van der Waals surface area contributed by atoms with Crippen LogP contribution < -0.4 is 0 Å². The summed E-state index contributed by atoms with van der Waals surface area (Å²) in [6, 6.07) is 10.0. The van der Waals surface area contributed by atoms with E-state index in [1.54, 1.807) is 12.3 Å². The van der Waals surface area contributed by atoms with Gasteiger partial charge >= 0.3 is 0 Å². The molecule has 0 amide bonds. The molecular formula is C15H8Br2FNO. The molecule has 2 aromatic carbocycles. The molecule has 0 aliphatic rings. The fourth-order valence-electron chi connectivity index (χ4n) is 2.07. The van der Waals surface area contributed by atoms with E-state index in [2.05, 4.69) is 36.8 Å². The van der Waals surface area contributed by atoms with Crippen LogP contribution in [0.15, 0.2) is 51.5 Å². The number of aromatic amines is 1. The highest BCUT2D eigenvalue weighted by atomic mass is 79.9. The molecule has 1 heterocycles. The van der Waals surface area contributed by atoms with Gasteiger partial charge in [0.25, 0.3) is 0 Å². The van der Waals surface area contributed by atoms with Crippen molar-refractivity contribution < 1.29 is 9.18 Å². The Morgan fingerprint density at radius 1 is 1.10 bits per heavy atom. The van der Waals surface area contributed by atoms with E-state index in [-0.39, 0.29) is 5.78 Å². The van der Waals surface area contributed by atoms with Crippen LogP contribution >= 0.6 is 31.9 Å². The highest BCUT2D eigenvalue weighted by Crippen LogP contribution is 2.25. The number of H-pyrrole nitrogens is 1. The zero-order valence-corrected chi connectivity index (χ0v) is 13.3. The summed E-state index contributed by atoms with van der Waals surface area (Å²) in [6.45, 7) is 0. The molecular weight excluding hydrogens is 389 g/mol. The first kappa shape index (κ1) is 13.5. The maximum atomic E-state index is 13.5. The van der Waals surface area contributed by atoms with Crippen molar-refractivity contribution in [2.24, 2.45) is 0 Å². The normalized spacial score (nSPS) is 10.9. The maximum Gasteiger partial charge on any atom is 0.195 e. The van der Waals surface area contributed by atoms with Crippen LogP contribution in [0.2, 0.25) is 0 Å². The van der Waals surface area contributed by atoms with Crippen molar-refractivity contribution in [3.63, 3.8) is 0 Å². The van der Waals surface area contributed by atoms with E-state index in [0.29, 0.717) is 15.6 Å². The first-order chi connectivity index (χ1) is 9.56. The molecule has 0 atom stereocenters. The largest absolute Gasteiger partial charge is 0.360 e. The zero-order valence-electron chi connectivity index (χ0n) is 10.1.